The van der Waals surface area contributed by atoms with Crippen LogP contribution >= 0.6 is 11.3 Å². The Balaban J connectivity index is 1.97. The summed E-state index contributed by atoms with van der Waals surface area (Å²) in [5.74, 6) is 1.62. The first-order valence-electron chi connectivity index (χ1n) is 5.82. The van der Waals surface area contributed by atoms with E-state index in [4.69, 9.17) is 14.9 Å². The zero-order valence-electron chi connectivity index (χ0n) is 10.7. The number of hydrogen-bond acceptors (Lipinski definition) is 5. The normalized spacial score (nSPS) is 12.5. The van der Waals surface area contributed by atoms with Gasteiger partial charge in [0.1, 0.15) is 11.5 Å². The van der Waals surface area contributed by atoms with E-state index in [-0.39, 0.29) is 0 Å². The molecule has 2 aromatic rings. The molecule has 1 unspecified atom stereocenters. The molecule has 0 radical (unpaired) electrons. The summed E-state index contributed by atoms with van der Waals surface area (Å²) in [5.41, 5.74) is 4.95. The highest BCUT2D eigenvalue weighted by Gasteiger charge is 2.11. The Kier molecular flexibility index (Phi) is 4.44. The van der Waals surface area contributed by atoms with Crippen LogP contribution in [0.2, 0.25) is 0 Å². The van der Waals surface area contributed by atoms with Gasteiger partial charge in [-0.2, -0.15) is 5.06 Å². The van der Waals surface area contributed by atoms with Crippen LogP contribution < -0.4 is 10.5 Å². The van der Waals surface area contributed by atoms with Gasteiger partial charge in [-0.05, 0) is 30.5 Å². The molecule has 0 aliphatic rings. The summed E-state index contributed by atoms with van der Waals surface area (Å²) in [6.07, 6.45) is 3.20. The summed E-state index contributed by atoms with van der Waals surface area (Å²) in [6, 6.07) is 3.77. The lowest BCUT2D eigenvalue weighted by Gasteiger charge is -2.16. The maximum absolute atomic E-state index is 10.8. The van der Waals surface area contributed by atoms with Crippen LogP contribution in [0.1, 0.15) is 12.7 Å². The number of carbonyl (C=O) groups is 1. The van der Waals surface area contributed by atoms with Crippen LogP contribution in [-0.2, 0) is 0 Å². The van der Waals surface area contributed by atoms with Crippen molar-refractivity contribution in [3.63, 3.8) is 0 Å². The molecule has 0 spiro atoms. The highest BCUT2D eigenvalue weighted by molar-refractivity contribution is 7.08. The highest BCUT2D eigenvalue weighted by Crippen LogP contribution is 2.26. The van der Waals surface area contributed by atoms with Gasteiger partial charge in [-0.3, -0.25) is 5.21 Å². The molecule has 1 atom stereocenters. The first-order chi connectivity index (χ1) is 9.56. The standard InChI is InChI=1S/C13H14N2O4S/c1-9(15(17)13(14)16)2-3-10-4-5-12(18-10)19-11-6-7-20-8-11/h2-9,17H,1H3,(H2,14,16)/b3-2+. The maximum Gasteiger partial charge on any atom is 0.339 e. The van der Waals surface area contributed by atoms with Crippen molar-refractivity contribution in [1.82, 2.24) is 5.06 Å². The summed E-state index contributed by atoms with van der Waals surface area (Å²) in [6.45, 7) is 1.62. The molecule has 0 aliphatic carbocycles. The van der Waals surface area contributed by atoms with Crippen molar-refractivity contribution in [2.75, 3.05) is 0 Å². The van der Waals surface area contributed by atoms with Crippen molar-refractivity contribution in [3.8, 4) is 11.7 Å². The Morgan fingerprint density at radius 2 is 2.35 bits per heavy atom. The minimum Gasteiger partial charge on any atom is -0.426 e. The van der Waals surface area contributed by atoms with E-state index in [0.29, 0.717) is 22.5 Å². The Morgan fingerprint density at radius 3 is 3.00 bits per heavy atom. The quantitative estimate of drug-likeness (QED) is 0.654. The molecule has 7 heteroatoms. The monoisotopic (exact) mass is 294 g/mol. The second kappa shape index (κ2) is 6.27. The van der Waals surface area contributed by atoms with E-state index >= 15 is 0 Å². The van der Waals surface area contributed by atoms with Gasteiger partial charge in [0.2, 0.25) is 0 Å². The van der Waals surface area contributed by atoms with Gasteiger partial charge in [0.25, 0.3) is 5.95 Å². The SMILES string of the molecule is CC(/C=C/c1ccc(Oc2ccsc2)o1)N(O)C(N)=O. The summed E-state index contributed by atoms with van der Waals surface area (Å²) in [4.78, 5) is 10.8. The number of nitrogens with two attached hydrogens (primary N) is 1. The largest absolute Gasteiger partial charge is 0.426 e. The minimum atomic E-state index is -0.914. The lowest BCUT2D eigenvalue weighted by Crippen LogP contribution is -2.38. The number of carbonyl (C=O) groups excluding carboxylic acids is 1. The molecule has 0 fully saturated rings. The third kappa shape index (κ3) is 3.62. The molecule has 0 aliphatic heterocycles. The average molecular weight is 294 g/mol. The first-order valence-corrected chi connectivity index (χ1v) is 6.76. The average Bonchev–Trinajstić information content (AvgIpc) is 3.07. The Morgan fingerprint density at radius 1 is 1.55 bits per heavy atom. The van der Waals surface area contributed by atoms with E-state index < -0.39 is 12.1 Å². The van der Waals surface area contributed by atoms with Crippen molar-refractivity contribution in [2.24, 2.45) is 5.73 Å². The number of nitrogens with zero attached hydrogens (tertiary/aromatic N) is 1. The van der Waals surface area contributed by atoms with Crippen LogP contribution in [0.4, 0.5) is 4.79 Å². The van der Waals surface area contributed by atoms with Crippen LogP contribution in [-0.4, -0.2) is 22.3 Å². The number of hydroxylamine groups is 2. The molecule has 2 heterocycles. The van der Waals surface area contributed by atoms with E-state index in [2.05, 4.69) is 0 Å². The molecule has 2 rings (SSSR count). The maximum atomic E-state index is 10.8. The molecule has 6 nitrogen and oxygen atoms in total. The number of furan rings is 1. The topological polar surface area (TPSA) is 88.9 Å². The Labute approximate surface area is 119 Å². The lowest BCUT2D eigenvalue weighted by molar-refractivity contribution is -0.0560. The van der Waals surface area contributed by atoms with E-state index in [0.717, 1.165) is 0 Å². The van der Waals surface area contributed by atoms with Crippen molar-refractivity contribution in [3.05, 3.63) is 40.8 Å². The van der Waals surface area contributed by atoms with Gasteiger partial charge in [0.15, 0.2) is 0 Å². The molecule has 0 saturated carbocycles. The number of primary amides is 1. The zero-order valence-corrected chi connectivity index (χ0v) is 11.5. The van der Waals surface area contributed by atoms with E-state index in [1.165, 1.54) is 11.3 Å². The molecule has 0 saturated heterocycles. The molecular weight excluding hydrogens is 280 g/mol. The molecule has 0 aromatic carbocycles. The summed E-state index contributed by atoms with van der Waals surface area (Å²) in [7, 11) is 0. The van der Waals surface area contributed by atoms with Crippen LogP contribution in [0.3, 0.4) is 0 Å². The van der Waals surface area contributed by atoms with Crippen molar-refractivity contribution >= 4 is 23.4 Å². The van der Waals surface area contributed by atoms with Gasteiger partial charge in [-0.15, -0.1) is 11.3 Å². The molecule has 2 amide bonds. The number of rotatable bonds is 5. The highest BCUT2D eigenvalue weighted by atomic mass is 32.1. The molecule has 106 valence electrons. The fourth-order valence-corrected chi connectivity index (χ4v) is 1.97. The Bertz CT molecular complexity index is 591. The Hall–Kier alpha value is -2.25. The predicted molar refractivity (Wildman–Crippen MR) is 74.8 cm³/mol. The summed E-state index contributed by atoms with van der Waals surface area (Å²) >= 11 is 1.53. The van der Waals surface area contributed by atoms with Crippen LogP contribution in [0.25, 0.3) is 6.08 Å². The summed E-state index contributed by atoms with van der Waals surface area (Å²) < 4.78 is 10.9. The third-order valence-electron chi connectivity index (χ3n) is 2.47. The number of urea groups is 1. The summed E-state index contributed by atoms with van der Waals surface area (Å²) in [5, 5.41) is 13.5. The number of hydrogen-bond donors (Lipinski definition) is 2. The predicted octanol–water partition coefficient (Wildman–Crippen LogP) is 3.31. The van der Waals surface area contributed by atoms with E-state index in [1.54, 1.807) is 31.2 Å². The van der Waals surface area contributed by atoms with Crippen molar-refractivity contribution < 1.29 is 19.2 Å². The zero-order chi connectivity index (χ0) is 14.5. The smallest absolute Gasteiger partial charge is 0.339 e. The molecule has 20 heavy (non-hydrogen) atoms. The number of amides is 2. The van der Waals surface area contributed by atoms with Crippen molar-refractivity contribution in [2.45, 2.75) is 13.0 Å². The van der Waals surface area contributed by atoms with Gasteiger partial charge < -0.3 is 14.9 Å². The molecule has 0 bridgehead atoms. The fraction of sp³-hybridized carbons (Fsp3) is 0.154. The van der Waals surface area contributed by atoms with Crippen molar-refractivity contribution in [1.29, 1.82) is 0 Å². The van der Waals surface area contributed by atoms with Crippen LogP contribution in [0, 0.1) is 0 Å². The van der Waals surface area contributed by atoms with Crippen LogP contribution in [0.15, 0.2) is 39.5 Å². The second-order valence-corrected chi connectivity index (χ2v) is 4.78. The van der Waals surface area contributed by atoms with E-state index in [1.807, 2.05) is 16.8 Å². The number of ether oxygens (including phenoxy) is 1. The van der Waals surface area contributed by atoms with Gasteiger partial charge in [-0.1, -0.05) is 6.08 Å². The van der Waals surface area contributed by atoms with Crippen LogP contribution in [0.5, 0.6) is 11.7 Å². The van der Waals surface area contributed by atoms with Gasteiger partial charge >= 0.3 is 6.03 Å². The fourth-order valence-electron chi connectivity index (χ4n) is 1.42. The number of thiophene rings is 1. The minimum absolute atomic E-state index is 0.367. The molecular formula is C13H14N2O4S. The second-order valence-electron chi connectivity index (χ2n) is 4.00. The van der Waals surface area contributed by atoms with E-state index in [9.17, 15) is 10.0 Å². The lowest BCUT2D eigenvalue weighted by atomic mass is 10.3. The molecule has 2 aromatic heterocycles. The third-order valence-corrected chi connectivity index (χ3v) is 3.13. The first kappa shape index (κ1) is 14.2. The van der Waals surface area contributed by atoms with Gasteiger partial charge in [0, 0.05) is 11.4 Å². The molecule has 3 N–H and O–H groups in total. The van der Waals surface area contributed by atoms with Gasteiger partial charge in [-0.25, -0.2) is 4.79 Å². The van der Waals surface area contributed by atoms with Gasteiger partial charge in [0.05, 0.1) is 6.04 Å².